The first kappa shape index (κ1) is 17.5. The first-order valence-corrected chi connectivity index (χ1v) is 10.6. The Morgan fingerprint density at radius 2 is 1.54 bits per heavy atom. The second kappa shape index (κ2) is 7.39. The van der Waals surface area contributed by atoms with Crippen molar-refractivity contribution in [3.8, 4) is 5.75 Å². The maximum atomic E-state index is 12.7. The zero-order valence-electron chi connectivity index (χ0n) is 14.8. The lowest BCUT2D eigenvalue weighted by Gasteiger charge is -2.34. The van der Waals surface area contributed by atoms with Gasteiger partial charge in [0.1, 0.15) is 5.75 Å². The van der Waals surface area contributed by atoms with Crippen molar-refractivity contribution in [3.63, 3.8) is 0 Å². The van der Waals surface area contributed by atoms with Crippen LogP contribution < -0.4 is 4.74 Å². The lowest BCUT2D eigenvalue weighted by atomic mass is 10.2. The summed E-state index contributed by atoms with van der Waals surface area (Å²) in [6, 6.07) is 16.9. The molecule has 1 heterocycles. The third-order valence-corrected chi connectivity index (χ3v) is 6.81. The highest BCUT2D eigenvalue weighted by Gasteiger charge is 2.29. The van der Waals surface area contributed by atoms with Gasteiger partial charge in [0, 0.05) is 38.3 Å². The SMILES string of the molecule is O=S(=O)(c1ccccc1)N1CCN(Cc2ccccc2OC2CC2)CC1. The van der Waals surface area contributed by atoms with Gasteiger partial charge in [-0.1, -0.05) is 36.4 Å². The molecule has 5 nitrogen and oxygen atoms in total. The van der Waals surface area contributed by atoms with Crippen molar-refractivity contribution < 1.29 is 13.2 Å². The Morgan fingerprint density at radius 3 is 2.23 bits per heavy atom. The molecule has 26 heavy (non-hydrogen) atoms. The minimum atomic E-state index is -3.39. The maximum absolute atomic E-state index is 12.7. The number of hydrogen-bond acceptors (Lipinski definition) is 4. The average molecular weight is 372 g/mol. The van der Waals surface area contributed by atoms with Crippen LogP contribution in [0, 0.1) is 0 Å². The normalized spacial score (nSPS) is 19.4. The lowest BCUT2D eigenvalue weighted by Crippen LogP contribution is -2.48. The Hall–Kier alpha value is -1.89. The summed E-state index contributed by atoms with van der Waals surface area (Å²) in [5.41, 5.74) is 1.18. The summed E-state index contributed by atoms with van der Waals surface area (Å²) >= 11 is 0. The summed E-state index contributed by atoms with van der Waals surface area (Å²) in [5, 5.41) is 0. The lowest BCUT2D eigenvalue weighted by molar-refractivity contribution is 0.178. The quantitative estimate of drug-likeness (QED) is 0.782. The molecule has 0 N–H and O–H groups in total. The summed E-state index contributed by atoms with van der Waals surface area (Å²) in [6.45, 7) is 3.28. The van der Waals surface area contributed by atoms with Gasteiger partial charge in [-0.25, -0.2) is 8.42 Å². The molecule has 0 radical (unpaired) electrons. The highest BCUT2D eigenvalue weighted by Crippen LogP contribution is 2.30. The third kappa shape index (κ3) is 3.92. The fourth-order valence-electron chi connectivity index (χ4n) is 3.23. The molecule has 0 aromatic heterocycles. The Balaban J connectivity index is 1.38. The van der Waals surface area contributed by atoms with Crippen molar-refractivity contribution >= 4 is 10.0 Å². The number of hydrogen-bond donors (Lipinski definition) is 0. The van der Waals surface area contributed by atoms with Gasteiger partial charge in [-0.05, 0) is 31.0 Å². The van der Waals surface area contributed by atoms with Crippen LogP contribution >= 0.6 is 0 Å². The van der Waals surface area contributed by atoms with Gasteiger partial charge in [0.05, 0.1) is 11.0 Å². The third-order valence-electron chi connectivity index (χ3n) is 4.90. The molecule has 0 spiro atoms. The molecule has 0 unspecified atom stereocenters. The number of benzene rings is 2. The highest BCUT2D eigenvalue weighted by atomic mass is 32.2. The Kier molecular flexibility index (Phi) is 4.98. The first-order chi connectivity index (χ1) is 12.6. The van der Waals surface area contributed by atoms with Crippen LogP contribution in [0.15, 0.2) is 59.5 Å². The molecule has 1 aliphatic carbocycles. The van der Waals surface area contributed by atoms with Crippen molar-refractivity contribution in [2.24, 2.45) is 0 Å². The minimum Gasteiger partial charge on any atom is -0.490 e. The summed E-state index contributed by atoms with van der Waals surface area (Å²) in [5.74, 6) is 0.967. The number of sulfonamides is 1. The number of rotatable bonds is 6. The molecule has 1 saturated carbocycles. The highest BCUT2D eigenvalue weighted by molar-refractivity contribution is 7.89. The van der Waals surface area contributed by atoms with E-state index in [0.29, 0.717) is 24.1 Å². The summed E-state index contributed by atoms with van der Waals surface area (Å²) < 4.78 is 33.0. The van der Waals surface area contributed by atoms with E-state index >= 15 is 0 Å². The zero-order chi connectivity index (χ0) is 18.0. The largest absolute Gasteiger partial charge is 0.490 e. The van der Waals surface area contributed by atoms with Crippen molar-refractivity contribution in [1.82, 2.24) is 9.21 Å². The summed E-state index contributed by atoms with van der Waals surface area (Å²) in [7, 11) is -3.39. The predicted molar refractivity (Wildman–Crippen MR) is 101 cm³/mol. The van der Waals surface area contributed by atoms with E-state index in [1.165, 1.54) is 5.56 Å². The minimum absolute atomic E-state index is 0.372. The van der Waals surface area contributed by atoms with E-state index in [1.54, 1.807) is 28.6 Å². The molecule has 138 valence electrons. The van der Waals surface area contributed by atoms with Crippen molar-refractivity contribution in [2.45, 2.75) is 30.4 Å². The molecule has 2 aromatic rings. The van der Waals surface area contributed by atoms with Gasteiger partial charge >= 0.3 is 0 Å². The van der Waals surface area contributed by atoms with E-state index in [0.717, 1.165) is 38.2 Å². The molecule has 2 aromatic carbocycles. The Labute approximate surface area is 155 Å². The van der Waals surface area contributed by atoms with E-state index in [4.69, 9.17) is 4.74 Å². The fourth-order valence-corrected chi connectivity index (χ4v) is 4.67. The average Bonchev–Trinajstić information content (AvgIpc) is 3.49. The van der Waals surface area contributed by atoms with Gasteiger partial charge in [0.25, 0.3) is 0 Å². The number of para-hydroxylation sites is 1. The molecular formula is C20H24N2O3S. The molecular weight excluding hydrogens is 348 g/mol. The van der Waals surface area contributed by atoms with Crippen LogP contribution in [-0.4, -0.2) is 49.9 Å². The molecule has 6 heteroatoms. The summed E-state index contributed by atoms with van der Waals surface area (Å²) in [4.78, 5) is 2.67. The van der Waals surface area contributed by atoms with Crippen LogP contribution in [-0.2, 0) is 16.6 Å². The van der Waals surface area contributed by atoms with Crippen LogP contribution in [0.4, 0.5) is 0 Å². The van der Waals surface area contributed by atoms with Gasteiger partial charge in [-0.2, -0.15) is 4.31 Å². The Bertz CT molecular complexity index is 842. The predicted octanol–water partition coefficient (Wildman–Crippen LogP) is 2.73. The molecule has 0 bridgehead atoms. The van der Waals surface area contributed by atoms with Crippen LogP contribution in [0.2, 0.25) is 0 Å². The van der Waals surface area contributed by atoms with Crippen LogP contribution in [0.3, 0.4) is 0 Å². The van der Waals surface area contributed by atoms with Crippen molar-refractivity contribution in [3.05, 3.63) is 60.2 Å². The Morgan fingerprint density at radius 1 is 0.885 bits per heavy atom. The zero-order valence-corrected chi connectivity index (χ0v) is 15.6. The smallest absolute Gasteiger partial charge is 0.243 e. The second-order valence-corrected chi connectivity index (χ2v) is 8.86. The molecule has 0 amide bonds. The van der Waals surface area contributed by atoms with E-state index in [9.17, 15) is 8.42 Å². The topological polar surface area (TPSA) is 49.9 Å². The van der Waals surface area contributed by atoms with Crippen molar-refractivity contribution in [1.29, 1.82) is 0 Å². The molecule has 2 aliphatic rings. The molecule has 0 atom stereocenters. The van der Waals surface area contributed by atoms with Gasteiger partial charge in [0.15, 0.2) is 0 Å². The first-order valence-electron chi connectivity index (χ1n) is 9.15. The maximum Gasteiger partial charge on any atom is 0.243 e. The van der Waals surface area contributed by atoms with Crippen LogP contribution in [0.25, 0.3) is 0 Å². The van der Waals surface area contributed by atoms with E-state index < -0.39 is 10.0 Å². The van der Waals surface area contributed by atoms with E-state index in [-0.39, 0.29) is 0 Å². The van der Waals surface area contributed by atoms with Crippen LogP contribution in [0.1, 0.15) is 18.4 Å². The number of ether oxygens (including phenoxy) is 1. The number of piperazine rings is 1. The monoisotopic (exact) mass is 372 g/mol. The standard InChI is InChI=1S/C20H24N2O3S/c23-26(24,19-7-2-1-3-8-19)22-14-12-21(13-15-22)16-17-6-4-5-9-20(17)25-18-10-11-18/h1-9,18H,10-16H2. The van der Waals surface area contributed by atoms with Crippen molar-refractivity contribution in [2.75, 3.05) is 26.2 Å². The van der Waals surface area contributed by atoms with E-state index in [2.05, 4.69) is 11.0 Å². The fraction of sp³-hybridized carbons (Fsp3) is 0.400. The van der Waals surface area contributed by atoms with E-state index in [1.807, 2.05) is 24.3 Å². The summed E-state index contributed by atoms with van der Waals surface area (Å²) in [6.07, 6.45) is 2.67. The molecule has 4 rings (SSSR count). The van der Waals surface area contributed by atoms with Crippen LogP contribution in [0.5, 0.6) is 5.75 Å². The molecule has 1 saturated heterocycles. The second-order valence-electron chi connectivity index (χ2n) is 6.92. The van der Waals surface area contributed by atoms with Gasteiger partial charge in [-0.15, -0.1) is 0 Å². The van der Waals surface area contributed by atoms with Gasteiger partial charge in [0.2, 0.25) is 10.0 Å². The number of nitrogens with zero attached hydrogens (tertiary/aromatic N) is 2. The van der Waals surface area contributed by atoms with Gasteiger partial charge in [-0.3, -0.25) is 4.90 Å². The molecule has 1 aliphatic heterocycles. The van der Waals surface area contributed by atoms with Gasteiger partial charge < -0.3 is 4.74 Å². The molecule has 2 fully saturated rings.